The molecule has 0 radical (unpaired) electrons. The summed E-state index contributed by atoms with van der Waals surface area (Å²) < 4.78 is 18.8. The van der Waals surface area contributed by atoms with Gasteiger partial charge in [-0.2, -0.15) is 0 Å². The van der Waals surface area contributed by atoms with Gasteiger partial charge in [-0.25, -0.2) is 4.39 Å². The van der Waals surface area contributed by atoms with Crippen molar-refractivity contribution < 1.29 is 13.9 Å². The summed E-state index contributed by atoms with van der Waals surface area (Å²) in [7, 11) is 0. The quantitative estimate of drug-likeness (QED) is 0.869. The Kier molecular flexibility index (Phi) is 5.74. The minimum Gasteiger partial charge on any atom is -0.481 e. The lowest BCUT2D eigenvalue weighted by molar-refractivity contribution is -0.128. The summed E-state index contributed by atoms with van der Waals surface area (Å²) in [6.45, 7) is 5.75. The molecular weight excluding hydrogens is 293 g/mol. The van der Waals surface area contributed by atoms with Crippen LogP contribution >= 0.6 is 0 Å². The fourth-order valence-electron chi connectivity index (χ4n) is 2.32. The van der Waals surface area contributed by atoms with Gasteiger partial charge >= 0.3 is 0 Å². The number of rotatable bonds is 6. The molecule has 1 amide bonds. The molecule has 1 N–H and O–H groups in total. The summed E-state index contributed by atoms with van der Waals surface area (Å²) in [6, 6.07) is 13.5. The van der Waals surface area contributed by atoms with Gasteiger partial charge in [0.05, 0.1) is 6.04 Å². The average molecular weight is 315 g/mol. The van der Waals surface area contributed by atoms with E-state index in [1.165, 1.54) is 12.1 Å². The summed E-state index contributed by atoms with van der Waals surface area (Å²) >= 11 is 0. The van der Waals surface area contributed by atoms with E-state index >= 15 is 0 Å². The fraction of sp³-hybridized carbons (Fsp3) is 0.316. The number of carbonyl (C=O) groups excluding carboxylic acids is 1. The molecule has 122 valence electrons. The molecule has 0 spiro atoms. The van der Waals surface area contributed by atoms with E-state index in [-0.39, 0.29) is 17.8 Å². The molecule has 2 aromatic rings. The Bertz CT molecular complexity index is 655. The lowest BCUT2D eigenvalue weighted by atomic mass is 10.1. The molecule has 0 unspecified atom stereocenters. The highest BCUT2D eigenvalue weighted by molar-refractivity contribution is 5.81. The first-order valence-corrected chi connectivity index (χ1v) is 7.78. The van der Waals surface area contributed by atoms with Gasteiger partial charge in [0.25, 0.3) is 5.91 Å². The highest BCUT2D eigenvalue weighted by Gasteiger charge is 2.20. The van der Waals surface area contributed by atoms with Crippen LogP contribution in [0.4, 0.5) is 4.39 Å². The Labute approximate surface area is 136 Å². The Morgan fingerprint density at radius 1 is 1.22 bits per heavy atom. The predicted octanol–water partition coefficient (Wildman–Crippen LogP) is 4.17. The molecule has 0 heterocycles. The molecule has 0 fully saturated rings. The van der Waals surface area contributed by atoms with Gasteiger partial charge in [-0.05, 0) is 55.7 Å². The zero-order chi connectivity index (χ0) is 16.8. The van der Waals surface area contributed by atoms with Gasteiger partial charge in [0.2, 0.25) is 0 Å². The van der Waals surface area contributed by atoms with E-state index in [9.17, 15) is 9.18 Å². The van der Waals surface area contributed by atoms with Crippen LogP contribution in [-0.2, 0) is 4.79 Å². The van der Waals surface area contributed by atoms with Crippen molar-refractivity contribution in [2.45, 2.75) is 39.3 Å². The molecule has 0 aliphatic rings. The first-order valence-electron chi connectivity index (χ1n) is 7.78. The van der Waals surface area contributed by atoms with Crippen molar-refractivity contribution in [1.29, 1.82) is 0 Å². The number of ether oxygens (including phenoxy) is 1. The highest BCUT2D eigenvalue weighted by Crippen LogP contribution is 2.17. The van der Waals surface area contributed by atoms with Crippen molar-refractivity contribution in [3.63, 3.8) is 0 Å². The molecule has 0 saturated heterocycles. The number of amides is 1. The zero-order valence-corrected chi connectivity index (χ0v) is 13.7. The Hall–Kier alpha value is -2.36. The van der Waals surface area contributed by atoms with Gasteiger partial charge in [0.1, 0.15) is 11.6 Å². The van der Waals surface area contributed by atoms with Crippen molar-refractivity contribution >= 4 is 5.91 Å². The number of hydrogen-bond donors (Lipinski definition) is 1. The van der Waals surface area contributed by atoms with E-state index in [2.05, 4.69) is 5.32 Å². The van der Waals surface area contributed by atoms with Gasteiger partial charge < -0.3 is 10.1 Å². The fourth-order valence-corrected chi connectivity index (χ4v) is 2.32. The molecule has 3 nitrogen and oxygen atoms in total. The lowest BCUT2D eigenvalue weighted by Crippen LogP contribution is -2.39. The molecule has 0 aliphatic carbocycles. The highest BCUT2D eigenvalue weighted by atomic mass is 19.1. The SMILES string of the molecule is CC[C@H](Oc1cccc(C)c1)C(=O)N[C@@H](C)c1ccc(F)cc1. The van der Waals surface area contributed by atoms with Gasteiger partial charge in [0.15, 0.2) is 6.10 Å². The third kappa shape index (κ3) is 4.81. The Morgan fingerprint density at radius 3 is 2.52 bits per heavy atom. The maximum atomic E-state index is 13.0. The average Bonchev–Trinajstić information content (AvgIpc) is 2.53. The molecule has 23 heavy (non-hydrogen) atoms. The van der Waals surface area contributed by atoms with Crippen LogP contribution < -0.4 is 10.1 Å². The summed E-state index contributed by atoms with van der Waals surface area (Å²) in [5.74, 6) is 0.216. The molecule has 0 aliphatic heterocycles. The van der Waals surface area contributed by atoms with Crippen LogP contribution in [0.15, 0.2) is 48.5 Å². The van der Waals surface area contributed by atoms with Gasteiger partial charge in [0, 0.05) is 0 Å². The summed E-state index contributed by atoms with van der Waals surface area (Å²) in [5, 5.41) is 2.92. The molecular formula is C19H22FNO2. The topological polar surface area (TPSA) is 38.3 Å². The van der Waals surface area contributed by atoms with E-state index in [1.54, 1.807) is 12.1 Å². The summed E-state index contributed by atoms with van der Waals surface area (Å²) in [5.41, 5.74) is 1.93. The number of halogens is 1. The molecule has 0 aromatic heterocycles. The maximum Gasteiger partial charge on any atom is 0.261 e. The summed E-state index contributed by atoms with van der Waals surface area (Å²) in [6.07, 6.45) is 0.00956. The third-order valence-electron chi connectivity index (χ3n) is 3.66. The van der Waals surface area contributed by atoms with Crippen molar-refractivity contribution in [1.82, 2.24) is 5.32 Å². The zero-order valence-electron chi connectivity index (χ0n) is 13.7. The largest absolute Gasteiger partial charge is 0.481 e. The van der Waals surface area contributed by atoms with E-state index in [0.29, 0.717) is 12.2 Å². The van der Waals surface area contributed by atoms with Crippen LogP contribution in [0.5, 0.6) is 5.75 Å². The van der Waals surface area contributed by atoms with Crippen LogP contribution in [0.3, 0.4) is 0 Å². The van der Waals surface area contributed by atoms with Gasteiger partial charge in [-0.1, -0.05) is 31.2 Å². The van der Waals surface area contributed by atoms with Crippen molar-refractivity contribution in [2.75, 3.05) is 0 Å². The molecule has 2 rings (SSSR count). The van der Waals surface area contributed by atoms with Crippen LogP contribution in [0.2, 0.25) is 0 Å². The van der Waals surface area contributed by atoms with E-state index < -0.39 is 6.10 Å². The minimum atomic E-state index is -0.556. The predicted molar refractivity (Wildman–Crippen MR) is 88.8 cm³/mol. The standard InChI is InChI=1S/C19H22FNO2/c1-4-18(23-17-7-5-6-13(2)12-17)19(22)21-14(3)15-8-10-16(20)11-9-15/h5-12,14,18H,4H2,1-3H3,(H,21,22)/t14-,18-/m0/s1. The van der Waals surface area contributed by atoms with Crippen LogP contribution in [-0.4, -0.2) is 12.0 Å². The normalized spacial score (nSPS) is 13.2. The monoisotopic (exact) mass is 315 g/mol. The van der Waals surface area contributed by atoms with Crippen molar-refractivity contribution in [3.8, 4) is 5.75 Å². The van der Waals surface area contributed by atoms with Crippen LogP contribution in [0, 0.1) is 12.7 Å². The first kappa shape index (κ1) is 17.0. The van der Waals surface area contributed by atoms with Crippen molar-refractivity contribution in [3.05, 3.63) is 65.5 Å². The van der Waals surface area contributed by atoms with E-state index in [4.69, 9.17) is 4.74 Å². The smallest absolute Gasteiger partial charge is 0.261 e. The number of benzene rings is 2. The molecule has 2 aromatic carbocycles. The second-order valence-electron chi connectivity index (χ2n) is 5.61. The number of aryl methyl sites for hydroxylation is 1. The Morgan fingerprint density at radius 2 is 1.91 bits per heavy atom. The minimum absolute atomic E-state index is 0.175. The van der Waals surface area contributed by atoms with Gasteiger partial charge in [-0.3, -0.25) is 4.79 Å². The van der Waals surface area contributed by atoms with Crippen LogP contribution in [0.1, 0.15) is 37.4 Å². The summed E-state index contributed by atoms with van der Waals surface area (Å²) in [4.78, 5) is 12.4. The molecule has 2 atom stereocenters. The lowest BCUT2D eigenvalue weighted by Gasteiger charge is -2.21. The second kappa shape index (κ2) is 7.77. The van der Waals surface area contributed by atoms with Gasteiger partial charge in [-0.15, -0.1) is 0 Å². The third-order valence-corrected chi connectivity index (χ3v) is 3.66. The van der Waals surface area contributed by atoms with Crippen LogP contribution in [0.25, 0.3) is 0 Å². The van der Waals surface area contributed by atoms with E-state index in [0.717, 1.165) is 11.1 Å². The maximum absolute atomic E-state index is 13.0. The first-order chi connectivity index (χ1) is 11.0. The number of hydrogen-bond acceptors (Lipinski definition) is 2. The second-order valence-corrected chi connectivity index (χ2v) is 5.61. The van der Waals surface area contributed by atoms with Crippen molar-refractivity contribution in [2.24, 2.45) is 0 Å². The number of nitrogens with one attached hydrogen (secondary N) is 1. The molecule has 4 heteroatoms. The van der Waals surface area contributed by atoms with E-state index in [1.807, 2.05) is 45.0 Å². The number of carbonyl (C=O) groups is 1. The Balaban J connectivity index is 2.00. The molecule has 0 saturated carbocycles. The molecule has 0 bridgehead atoms.